The molecule has 1 saturated carbocycles. The Morgan fingerprint density at radius 2 is 2.14 bits per heavy atom. The molecule has 36 heavy (non-hydrogen) atoms. The van der Waals surface area contributed by atoms with E-state index in [0.29, 0.717) is 29.7 Å². The normalized spacial score (nSPS) is 15.7. The highest BCUT2D eigenvalue weighted by atomic mass is 31.2. The van der Waals surface area contributed by atoms with Crippen LogP contribution in [0.15, 0.2) is 29.5 Å². The molecule has 0 spiro atoms. The molecule has 3 aromatic rings. The smallest absolute Gasteiger partial charge is 0.354 e. The van der Waals surface area contributed by atoms with Crippen LogP contribution in [0, 0.1) is 12.8 Å². The Morgan fingerprint density at radius 1 is 1.36 bits per heavy atom. The molecule has 190 valence electrons. The van der Waals surface area contributed by atoms with Crippen molar-refractivity contribution >= 4 is 31.3 Å². The summed E-state index contributed by atoms with van der Waals surface area (Å²) in [6.45, 7) is -2.06. The van der Waals surface area contributed by atoms with Crippen LogP contribution in [0.3, 0.4) is 0 Å². The number of phosphoric ester groups is 1. The average molecular weight is 520 g/mol. The molecule has 0 bridgehead atoms. The molecule has 1 fully saturated rings. The molecule has 0 aromatic carbocycles. The van der Waals surface area contributed by atoms with E-state index in [-0.39, 0.29) is 28.8 Å². The van der Waals surface area contributed by atoms with Crippen molar-refractivity contribution in [1.29, 1.82) is 0 Å². The highest BCUT2D eigenvalue weighted by Gasteiger charge is 2.30. The number of phosphoric acid groups is 1. The minimum absolute atomic E-state index is 0.104. The second-order valence-corrected chi connectivity index (χ2v) is 9.11. The Balaban J connectivity index is 1.89. The molecule has 1 aliphatic rings. The predicted octanol–water partition coefficient (Wildman–Crippen LogP) is 0.389. The number of amides is 2. The van der Waals surface area contributed by atoms with Gasteiger partial charge >= 0.3 is 7.82 Å². The van der Waals surface area contributed by atoms with E-state index in [1.54, 1.807) is 31.6 Å². The molecular weight excluding hydrogens is 493 g/mol. The molecule has 3 heterocycles. The van der Waals surface area contributed by atoms with Gasteiger partial charge in [0.05, 0.1) is 6.20 Å². The number of hydrogen-bond donors (Lipinski definition) is 4. The molecule has 4 N–H and O–H groups in total. The lowest BCUT2D eigenvalue weighted by Crippen LogP contribution is -2.32. The van der Waals surface area contributed by atoms with Gasteiger partial charge in [-0.2, -0.15) is 20.1 Å². The Labute approximate surface area is 208 Å². The van der Waals surface area contributed by atoms with E-state index in [4.69, 9.17) is 13.9 Å². The summed E-state index contributed by atoms with van der Waals surface area (Å²) in [5, 5.41) is 16.6. The van der Waals surface area contributed by atoms with Gasteiger partial charge in [-0.05, 0) is 25.8 Å². The lowest BCUT2D eigenvalue weighted by atomic mass is 10.1. The molecule has 0 saturated heterocycles. The number of nitrogens with zero attached hydrogens (tertiary/aromatic N) is 7. The minimum Gasteiger partial charge on any atom is -0.354 e. The van der Waals surface area contributed by atoms with Gasteiger partial charge in [0, 0.05) is 47.4 Å². The number of aromatic nitrogens is 6. The summed E-state index contributed by atoms with van der Waals surface area (Å²) < 4.78 is 38.8. The number of carbonyl (C=O) groups excluding carboxylic acids is 2. The third-order valence-electron chi connectivity index (χ3n) is 5.17. The van der Waals surface area contributed by atoms with Crippen molar-refractivity contribution in [1.82, 2.24) is 35.1 Å². The molecule has 4 rings (SSSR count). The number of pyridine rings is 1. The first-order chi connectivity index (χ1) is 18.2. The molecule has 15 nitrogen and oxygen atoms in total. The maximum absolute atomic E-state index is 12.9. The molecule has 0 atom stereocenters. The topological polar surface area (TPSA) is 199 Å². The number of nitrogens with one attached hydrogen (secondary N) is 2. The predicted molar refractivity (Wildman–Crippen MR) is 124 cm³/mol. The Bertz CT molecular complexity index is 1540. The number of aryl methyl sites for hydroxylation is 1. The summed E-state index contributed by atoms with van der Waals surface area (Å²) in [6.07, 6.45) is 4.32. The standard InChI is InChI=1S/C20H24N9O6P/c1-11-13(15-9-23-28(3)26-15)6-7-22-18(11)24-14-8-16(25-19(30)12-4-5-12)29(10-35-36(32,33)34)27-17(14)20(31)21-2/h6-9,12H,4-5,10H2,1-3H3,(H,21,31)(H,25,30)(H2,32,33,34)/i2D3. The number of hydrogen-bond acceptors (Lipinski definition) is 9. The van der Waals surface area contributed by atoms with Gasteiger partial charge in [-0.1, -0.05) is 0 Å². The van der Waals surface area contributed by atoms with Crippen LogP contribution < -0.4 is 16.0 Å². The molecule has 16 heteroatoms. The van der Waals surface area contributed by atoms with Crippen molar-refractivity contribution in [3.63, 3.8) is 0 Å². The molecule has 0 unspecified atom stereocenters. The lowest BCUT2D eigenvalue weighted by Gasteiger charge is -2.15. The largest absolute Gasteiger partial charge is 0.471 e. The zero-order valence-corrected chi connectivity index (χ0v) is 20.0. The summed E-state index contributed by atoms with van der Waals surface area (Å²) in [5.74, 6) is -1.78. The molecular formula is C20H24N9O6P. The van der Waals surface area contributed by atoms with E-state index >= 15 is 0 Å². The molecule has 3 aromatic heterocycles. The van der Waals surface area contributed by atoms with Crippen molar-refractivity contribution in [2.24, 2.45) is 18.0 Å². The molecule has 0 radical (unpaired) electrons. The molecule has 0 aliphatic heterocycles. The van der Waals surface area contributed by atoms with Gasteiger partial charge in [0.15, 0.2) is 18.2 Å². The summed E-state index contributed by atoms with van der Waals surface area (Å²) in [6, 6.07) is 2.90. The SMILES string of the molecule is [2H]C([2H])([2H])NC(=O)c1nn(COP(=O)(O)O)c(NC(=O)C2CC2)cc1=Nc1nccc(-c2cnn(C)n2)c1C. The highest BCUT2D eigenvalue weighted by molar-refractivity contribution is 7.46. The summed E-state index contributed by atoms with van der Waals surface area (Å²) in [7, 11) is -3.33. The zero-order valence-electron chi connectivity index (χ0n) is 22.1. The van der Waals surface area contributed by atoms with E-state index in [2.05, 4.69) is 35.1 Å². The van der Waals surface area contributed by atoms with E-state index < -0.39 is 33.1 Å². The van der Waals surface area contributed by atoms with Crippen LogP contribution in [0.1, 0.15) is 33.0 Å². The molecule has 2 amide bonds. The first-order valence-electron chi connectivity index (χ1n) is 12.0. The van der Waals surface area contributed by atoms with Gasteiger partial charge < -0.3 is 20.4 Å². The first-order valence-corrected chi connectivity index (χ1v) is 12.1. The fourth-order valence-corrected chi connectivity index (χ4v) is 3.47. The van der Waals surface area contributed by atoms with Gasteiger partial charge in [0.2, 0.25) is 5.91 Å². The van der Waals surface area contributed by atoms with E-state index in [1.165, 1.54) is 17.1 Å². The third kappa shape index (κ3) is 5.88. The van der Waals surface area contributed by atoms with Gasteiger partial charge in [-0.3, -0.25) is 14.1 Å². The maximum Gasteiger partial charge on any atom is 0.471 e. The second-order valence-electron chi connectivity index (χ2n) is 7.87. The quantitative estimate of drug-likeness (QED) is 0.301. The fraction of sp³-hybridized carbons (Fsp3) is 0.350. The number of anilines is 1. The zero-order chi connectivity index (χ0) is 28.5. The van der Waals surface area contributed by atoms with E-state index in [0.717, 1.165) is 4.68 Å². The first kappa shape index (κ1) is 21.5. The van der Waals surface area contributed by atoms with Crippen molar-refractivity contribution in [2.75, 3.05) is 12.3 Å². The van der Waals surface area contributed by atoms with Crippen LogP contribution in [-0.4, -0.2) is 58.3 Å². The van der Waals surface area contributed by atoms with Crippen LogP contribution in [0.2, 0.25) is 0 Å². The van der Waals surface area contributed by atoms with E-state index in [9.17, 15) is 14.2 Å². The van der Waals surface area contributed by atoms with Crippen molar-refractivity contribution in [3.8, 4) is 11.3 Å². The molecule has 1 aliphatic carbocycles. The highest BCUT2D eigenvalue weighted by Crippen LogP contribution is 2.36. The number of carbonyl (C=O) groups is 2. The van der Waals surface area contributed by atoms with Crippen LogP contribution in [0.5, 0.6) is 0 Å². The Kier molecular flexibility index (Phi) is 6.01. The van der Waals surface area contributed by atoms with Crippen LogP contribution in [0.25, 0.3) is 11.3 Å². The van der Waals surface area contributed by atoms with Crippen LogP contribution in [0.4, 0.5) is 11.6 Å². The summed E-state index contributed by atoms with van der Waals surface area (Å²) in [5.41, 5.74) is 1.19. The van der Waals surface area contributed by atoms with Gasteiger partial charge in [0.25, 0.3) is 5.91 Å². The monoisotopic (exact) mass is 520 g/mol. The van der Waals surface area contributed by atoms with E-state index in [1.807, 2.05) is 0 Å². The Hall–Kier alpha value is -3.78. The maximum atomic E-state index is 12.9. The minimum atomic E-state index is -4.98. The Morgan fingerprint density at radius 3 is 2.78 bits per heavy atom. The second kappa shape index (κ2) is 10.1. The van der Waals surface area contributed by atoms with Crippen molar-refractivity contribution in [3.05, 3.63) is 41.1 Å². The van der Waals surface area contributed by atoms with Gasteiger partial charge in [0.1, 0.15) is 16.9 Å². The average Bonchev–Trinajstić information content (AvgIpc) is 3.59. The summed E-state index contributed by atoms with van der Waals surface area (Å²) in [4.78, 5) is 53.8. The lowest BCUT2D eigenvalue weighted by molar-refractivity contribution is -0.117. The van der Waals surface area contributed by atoms with Gasteiger partial charge in [-0.15, -0.1) is 0 Å². The van der Waals surface area contributed by atoms with Gasteiger partial charge in [-0.25, -0.2) is 19.2 Å². The summed E-state index contributed by atoms with van der Waals surface area (Å²) >= 11 is 0. The third-order valence-corrected chi connectivity index (χ3v) is 5.62. The number of rotatable bonds is 8. The fourth-order valence-electron chi connectivity index (χ4n) is 3.21. The van der Waals surface area contributed by atoms with Crippen LogP contribution >= 0.6 is 7.82 Å². The van der Waals surface area contributed by atoms with Crippen molar-refractivity contribution < 1.29 is 32.6 Å². The van der Waals surface area contributed by atoms with Crippen molar-refractivity contribution in [2.45, 2.75) is 26.5 Å². The van der Waals surface area contributed by atoms with Crippen LogP contribution in [-0.2, 0) is 27.7 Å².